The highest BCUT2D eigenvalue weighted by atomic mass is 127. The number of hydrogen-bond donors (Lipinski definition) is 0. The minimum Gasteiger partial charge on any atom is -0.286 e. The molecule has 0 atom stereocenters. The van der Waals surface area contributed by atoms with Crippen molar-refractivity contribution in [3.8, 4) is 0 Å². The lowest BCUT2D eigenvalue weighted by Crippen LogP contribution is -2.33. The molecule has 0 bridgehead atoms. The molecule has 118 valence electrons. The standard InChI is InChI=1S/C17H14BrIN2OS/c18-13-7-5-12(6-8-13)11-23-17-20-9-10-21(17)16(22)14-3-1-2-4-15(14)19/h1-8H,9-11H2. The molecule has 0 saturated heterocycles. The summed E-state index contributed by atoms with van der Waals surface area (Å²) in [5, 5.41) is 0.817. The van der Waals surface area contributed by atoms with Gasteiger partial charge in [0, 0.05) is 20.3 Å². The van der Waals surface area contributed by atoms with Gasteiger partial charge in [0.05, 0.1) is 12.1 Å². The number of benzene rings is 2. The van der Waals surface area contributed by atoms with Gasteiger partial charge in [-0.25, -0.2) is 0 Å². The zero-order valence-corrected chi connectivity index (χ0v) is 16.8. The molecule has 1 aliphatic heterocycles. The summed E-state index contributed by atoms with van der Waals surface area (Å²) in [4.78, 5) is 19.0. The molecule has 1 heterocycles. The van der Waals surface area contributed by atoms with E-state index in [1.807, 2.05) is 36.4 Å². The summed E-state index contributed by atoms with van der Waals surface area (Å²) < 4.78 is 2.04. The third kappa shape index (κ3) is 4.16. The zero-order chi connectivity index (χ0) is 16.2. The van der Waals surface area contributed by atoms with Gasteiger partial charge in [0.2, 0.25) is 0 Å². The lowest BCUT2D eigenvalue weighted by molar-refractivity contribution is 0.0859. The van der Waals surface area contributed by atoms with Gasteiger partial charge in [-0.1, -0.05) is 52.0 Å². The molecular formula is C17H14BrIN2OS. The molecule has 6 heteroatoms. The Labute approximate surface area is 161 Å². The second-order valence-corrected chi connectivity index (χ2v) is 8.04. The molecule has 23 heavy (non-hydrogen) atoms. The molecule has 3 rings (SSSR count). The molecule has 0 radical (unpaired) electrons. The lowest BCUT2D eigenvalue weighted by atomic mass is 10.2. The van der Waals surface area contributed by atoms with Crippen molar-refractivity contribution >= 4 is 61.4 Å². The number of carbonyl (C=O) groups excluding carboxylic acids is 1. The summed E-state index contributed by atoms with van der Waals surface area (Å²) in [5.74, 6) is 0.844. The van der Waals surface area contributed by atoms with Crippen LogP contribution in [0.5, 0.6) is 0 Å². The quantitative estimate of drug-likeness (QED) is 0.567. The van der Waals surface area contributed by atoms with Crippen molar-refractivity contribution in [2.75, 3.05) is 13.1 Å². The molecular weight excluding hydrogens is 487 g/mol. The van der Waals surface area contributed by atoms with Gasteiger partial charge in [-0.15, -0.1) is 0 Å². The first-order valence-corrected chi connectivity index (χ1v) is 9.99. The van der Waals surface area contributed by atoms with Crippen LogP contribution in [0.15, 0.2) is 58.0 Å². The molecule has 0 aromatic heterocycles. The Balaban J connectivity index is 1.69. The van der Waals surface area contributed by atoms with Gasteiger partial charge in [-0.2, -0.15) is 0 Å². The molecule has 1 amide bonds. The molecule has 0 saturated carbocycles. The number of amidine groups is 1. The Morgan fingerprint density at radius 2 is 1.96 bits per heavy atom. The fourth-order valence-corrected chi connectivity index (χ4v) is 4.13. The SMILES string of the molecule is O=C(c1ccccc1I)N1CCN=C1SCc1ccc(Br)cc1. The number of halogens is 2. The molecule has 0 fully saturated rings. The summed E-state index contributed by atoms with van der Waals surface area (Å²) in [6.45, 7) is 1.34. The second-order valence-electron chi connectivity index (χ2n) is 5.02. The number of carbonyl (C=O) groups is 1. The Hall–Kier alpha value is -0.860. The lowest BCUT2D eigenvalue weighted by Gasteiger charge is -2.18. The molecule has 0 spiro atoms. The van der Waals surface area contributed by atoms with Crippen LogP contribution in [0.3, 0.4) is 0 Å². The van der Waals surface area contributed by atoms with Crippen molar-refractivity contribution < 1.29 is 4.79 Å². The van der Waals surface area contributed by atoms with Gasteiger partial charge < -0.3 is 0 Å². The minimum absolute atomic E-state index is 0.0366. The minimum atomic E-state index is 0.0366. The van der Waals surface area contributed by atoms with Gasteiger partial charge in [-0.3, -0.25) is 14.7 Å². The van der Waals surface area contributed by atoms with E-state index in [9.17, 15) is 4.79 Å². The molecule has 2 aromatic carbocycles. The largest absolute Gasteiger partial charge is 0.286 e. The van der Waals surface area contributed by atoms with Gasteiger partial charge in [0.15, 0.2) is 5.17 Å². The van der Waals surface area contributed by atoms with E-state index in [0.717, 1.165) is 24.5 Å². The maximum Gasteiger partial charge on any atom is 0.260 e. The van der Waals surface area contributed by atoms with Crippen LogP contribution in [0.1, 0.15) is 15.9 Å². The van der Waals surface area contributed by atoms with E-state index < -0.39 is 0 Å². The van der Waals surface area contributed by atoms with Gasteiger partial charge in [0.25, 0.3) is 5.91 Å². The van der Waals surface area contributed by atoms with E-state index in [2.05, 4.69) is 55.6 Å². The first-order valence-electron chi connectivity index (χ1n) is 7.13. The van der Waals surface area contributed by atoms with Crippen LogP contribution in [0, 0.1) is 3.57 Å². The highest BCUT2D eigenvalue weighted by molar-refractivity contribution is 14.1. The van der Waals surface area contributed by atoms with Crippen LogP contribution in [0.4, 0.5) is 0 Å². The smallest absolute Gasteiger partial charge is 0.260 e. The van der Waals surface area contributed by atoms with Crippen LogP contribution >= 0.6 is 50.3 Å². The van der Waals surface area contributed by atoms with Crippen molar-refractivity contribution in [2.45, 2.75) is 5.75 Å². The summed E-state index contributed by atoms with van der Waals surface area (Å²) in [7, 11) is 0. The third-order valence-corrected chi connectivity index (χ3v) is 5.99. The normalized spacial score (nSPS) is 14.0. The van der Waals surface area contributed by atoms with E-state index >= 15 is 0 Å². The average molecular weight is 501 g/mol. The summed E-state index contributed by atoms with van der Waals surface area (Å²) >= 11 is 7.26. The Morgan fingerprint density at radius 3 is 2.70 bits per heavy atom. The monoisotopic (exact) mass is 500 g/mol. The predicted molar refractivity (Wildman–Crippen MR) is 108 cm³/mol. The molecule has 3 nitrogen and oxygen atoms in total. The van der Waals surface area contributed by atoms with E-state index in [4.69, 9.17) is 0 Å². The molecule has 0 unspecified atom stereocenters. The molecule has 0 aliphatic carbocycles. The summed E-state index contributed by atoms with van der Waals surface area (Å²) in [6, 6.07) is 15.9. The number of nitrogens with zero attached hydrogens (tertiary/aromatic N) is 2. The van der Waals surface area contributed by atoms with Crippen molar-refractivity contribution in [2.24, 2.45) is 4.99 Å². The summed E-state index contributed by atoms with van der Waals surface area (Å²) in [5.41, 5.74) is 1.96. The Bertz CT molecular complexity index is 749. The number of hydrogen-bond acceptors (Lipinski definition) is 3. The third-order valence-electron chi connectivity index (χ3n) is 3.43. The average Bonchev–Trinajstić information content (AvgIpc) is 3.03. The van der Waals surface area contributed by atoms with Crippen LogP contribution < -0.4 is 0 Å². The zero-order valence-electron chi connectivity index (χ0n) is 12.2. The van der Waals surface area contributed by atoms with E-state index in [-0.39, 0.29) is 5.91 Å². The Kier molecular flexibility index (Phi) is 5.76. The highest BCUT2D eigenvalue weighted by Gasteiger charge is 2.26. The van der Waals surface area contributed by atoms with Crippen LogP contribution in [-0.2, 0) is 5.75 Å². The fourth-order valence-electron chi connectivity index (χ4n) is 2.25. The van der Waals surface area contributed by atoms with E-state index in [0.29, 0.717) is 13.1 Å². The fraction of sp³-hybridized carbons (Fsp3) is 0.176. The molecule has 0 N–H and O–H groups in total. The first kappa shape index (κ1) is 17.0. The van der Waals surface area contributed by atoms with Crippen LogP contribution in [0.25, 0.3) is 0 Å². The molecule has 1 aliphatic rings. The van der Waals surface area contributed by atoms with E-state index in [1.54, 1.807) is 16.7 Å². The highest BCUT2D eigenvalue weighted by Crippen LogP contribution is 2.23. The summed E-state index contributed by atoms with van der Waals surface area (Å²) in [6.07, 6.45) is 0. The topological polar surface area (TPSA) is 32.7 Å². The van der Waals surface area contributed by atoms with E-state index in [1.165, 1.54) is 5.56 Å². The van der Waals surface area contributed by atoms with Crippen molar-refractivity contribution in [3.63, 3.8) is 0 Å². The number of amides is 1. The van der Waals surface area contributed by atoms with Crippen LogP contribution in [0.2, 0.25) is 0 Å². The maximum absolute atomic E-state index is 12.8. The molecule has 2 aromatic rings. The Morgan fingerprint density at radius 1 is 1.22 bits per heavy atom. The van der Waals surface area contributed by atoms with Crippen molar-refractivity contribution in [1.29, 1.82) is 0 Å². The second kappa shape index (κ2) is 7.81. The van der Waals surface area contributed by atoms with Crippen molar-refractivity contribution in [1.82, 2.24) is 4.90 Å². The number of aliphatic imine (C=N–C) groups is 1. The number of thioether (sulfide) groups is 1. The van der Waals surface area contributed by atoms with Gasteiger partial charge in [0.1, 0.15) is 0 Å². The van der Waals surface area contributed by atoms with Crippen LogP contribution in [-0.4, -0.2) is 29.1 Å². The van der Waals surface area contributed by atoms with Crippen molar-refractivity contribution in [3.05, 3.63) is 67.7 Å². The predicted octanol–water partition coefficient (Wildman–Crippen LogP) is 4.80. The van der Waals surface area contributed by atoms with Gasteiger partial charge in [-0.05, 0) is 52.4 Å². The number of rotatable bonds is 3. The maximum atomic E-state index is 12.8. The first-order chi connectivity index (χ1) is 11.1. The van der Waals surface area contributed by atoms with Gasteiger partial charge >= 0.3 is 0 Å².